The van der Waals surface area contributed by atoms with E-state index in [9.17, 15) is 4.79 Å². The second kappa shape index (κ2) is 7.49. The zero-order chi connectivity index (χ0) is 14.3. The number of aliphatic hydroxyl groups excluding tert-OH is 1. The Morgan fingerprint density at radius 1 is 1.58 bits per heavy atom. The van der Waals surface area contributed by atoms with Crippen molar-refractivity contribution in [1.82, 2.24) is 10.3 Å². The fourth-order valence-corrected chi connectivity index (χ4v) is 1.77. The van der Waals surface area contributed by atoms with Crippen molar-refractivity contribution in [2.45, 2.75) is 26.7 Å². The Morgan fingerprint density at radius 2 is 2.32 bits per heavy atom. The van der Waals surface area contributed by atoms with Crippen LogP contribution < -0.4 is 5.32 Å². The average molecular weight is 261 g/mol. The SMILES string of the molecule is CCC(CCO)CNC(=O)c1ccc(C#N)c(C)n1. The van der Waals surface area contributed by atoms with Gasteiger partial charge in [-0.2, -0.15) is 5.26 Å². The van der Waals surface area contributed by atoms with Gasteiger partial charge in [-0.05, 0) is 31.4 Å². The maximum Gasteiger partial charge on any atom is 0.269 e. The van der Waals surface area contributed by atoms with Gasteiger partial charge in [-0.1, -0.05) is 13.3 Å². The second-order valence-electron chi connectivity index (χ2n) is 4.44. The Morgan fingerprint density at radius 3 is 2.84 bits per heavy atom. The molecule has 0 fully saturated rings. The summed E-state index contributed by atoms with van der Waals surface area (Å²) in [5.74, 6) is 0.0254. The molecule has 102 valence electrons. The van der Waals surface area contributed by atoms with Gasteiger partial charge in [0.15, 0.2) is 0 Å². The fraction of sp³-hybridized carbons (Fsp3) is 0.500. The van der Waals surface area contributed by atoms with Crippen molar-refractivity contribution >= 4 is 5.91 Å². The van der Waals surface area contributed by atoms with E-state index in [0.717, 1.165) is 6.42 Å². The molecule has 1 aromatic heterocycles. The van der Waals surface area contributed by atoms with Crippen molar-refractivity contribution in [1.29, 1.82) is 5.26 Å². The molecule has 0 saturated heterocycles. The minimum atomic E-state index is -0.246. The molecule has 5 nitrogen and oxygen atoms in total. The van der Waals surface area contributed by atoms with Gasteiger partial charge in [-0.3, -0.25) is 4.79 Å². The Kier molecular flexibility index (Phi) is 5.97. The third kappa shape index (κ3) is 4.34. The predicted molar refractivity (Wildman–Crippen MR) is 71.5 cm³/mol. The molecule has 19 heavy (non-hydrogen) atoms. The lowest BCUT2D eigenvalue weighted by molar-refractivity contribution is 0.0938. The highest BCUT2D eigenvalue weighted by Gasteiger charge is 2.12. The Balaban J connectivity index is 2.63. The zero-order valence-electron chi connectivity index (χ0n) is 11.3. The van der Waals surface area contributed by atoms with Crippen LogP contribution >= 0.6 is 0 Å². The van der Waals surface area contributed by atoms with Gasteiger partial charge < -0.3 is 10.4 Å². The molecule has 1 unspecified atom stereocenters. The summed E-state index contributed by atoms with van der Waals surface area (Å²) in [5.41, 5.74) is 1.34. The van der Waals surface area contributed by atoms with Crippen molar-refractivity contribution in [2.75, 3.05) is 13.2 Å². The number of hydrogen-bond donors (Lipinski definition) is 2. The van der Waals surface area contributed by atoms with Gasteiger partial charge in [-0.15, -0.1) is 0 Å². The first-order chi connectivity index (χ1) is 9.12. The summed E-state index contributed by atoms with van der Waals surface area (Å²) >= 11 is 0. The number of nitriles is 1. The van der Waals surface area contributed by atoms with Crippen molar-refractivity contribution in [3.63, 3.8) is 0 Å². The summed E-state index contributed by atoms with van der Waals surface area (Å²) in [6.07, 6.45) is 1.58. The average Bonchev–Trinajstić information content (AvgIpc) is 2.42. The van der Waals surface area contributed by atoms with E-state index in [-0.39, 0.29) is 18.4 Å². The summed E-state index contributed by atoms with van der Waals surface area (Å²) in [6, 6.07) is 5.16. The Bertz CT molecular complexity index is 480. The van der Waals surface area contributed by atoms with E-state index < -0.39 is 0 Å². The molecule has 0 aliphatic heterocycles. The summed E-state index contributed by atoms with van der Waals surface area (Å²) in [4.78, 5) is 16.0. The first kappa shape index (κ1) is 15.1. The van der Waals surface area contributed by atoms with Crippen molar-refractivity contribution in [2.24, 2.45) is 5.92 Å². The third-order valence-corrected chi connectivity index (χ3v) is 3.10. The van der Waals surface area contributed by atoms with Gasteiger partial charge in [-0.25, -0.2) is 4.98 Å². The maximum atomic E-state index is 11.9. The number of aliphatic hydroxyl groups is 1. The van der Waals surface area contributed by atoms with E-state index in [1.807, 2.05) is 13.0 Å². The van der Waals surface area contributed by atoms with Gasteiger partial charge in [0.05, 0.1) is 11.3 Å². The highest BCUT2D eigenvalue weighted by atomic mass is 16.3. The third-order valence-electron chi connectivity index (χ3n) is 3.10. The molecule has 1 rings (SSSR count). The number of amides is 1. The van der Waals surface area contributed by atoms with E-state index in [1.165, 1.54) is 0 Å². The van der Waals surface area contributed by atoms with Crippen LogP contribution in [0.5, 0.6) is 0 Å². The molecule has 1 heterocycles. The molecule has 5 heteroatoms. The molecular formula is C14H19N3O2. The molecule has 0 saturated carbocycles. The van der Waals surface area contributed by atoms with Crippen LogP contribution in [0.15, 0.2) is 12.1 Å². The molecule has 0 aliphatic rings. The minimum Gasteiger partial charge on any atom is -0.396 e. The molecule has 1 aromatic rings. The number of nitrogens with one attached hydrogen (secondary N) is 1. The van der Waals surface area contributed by atoms with Crippen molar-refractivity contribution < 1.29 is 9.90 Å². The second-order valence-corrected chi connectivity index (χ2v) is 4.44. The van der Waals surface area contributed by atoms with Gasteiger partial charge in [0.25, 0.3) is 5.91 Å². The first-order valence-electron chi connectivity index (χ1n) is 6.39. The van der Waals surface area contributed by atoms with Crippen LogP contribution in [0, 0.1) is 24.2 Å². The van der Waals surface area contributed by atoms with Crippen molar-refractivity contribution in [3.8, 4) is 6.07 Å². The number of carbonyl (C=O) groups excluding carboxylic acids is 1. The maximum absolute atomic E-state index is 11.9. The van der Waals surface area contributed by atoms with Crippen LogP contribution in [-0.2, 0) is 0 Å². The number of nitrogens with zero attached hydrogens (tertiary/aromatic N) is 2. The molecule has 0 radical (unpaired) electrons. The smallest absolute Gasteiger partial charge is 0.269 e. The highest BCUT2D eigenvalue weighted by molar-refractivity contribution is 5.92. The van der Waals surface area contributed by atoms with Gasteiger partial charge in [0, 0.05) is 13.2 Å². The molecule has 2 N–H and O–H groups in total. The summed E-state index contributed by atoms with van der Waals surface area (Å²) in [5, 5.41) is 20.5. The first-order valence-corrected chi connectivity index (χ1v) is 6.39. The van der Waals surface area contributed by atoms with E-state index in [2.05, 4.69) is 10.3 Å². The minimum absolute atomic E-state index is 0.128. The molecule has 0 aromatic carbocycles. The fourth-order valence-electron chi connectivity index (χ4n) is 1.77. The largest absolute Gasteiger partial charge is 0.396 e. The number of aromatic nitrogens is 1. The molecule has 1 amide bonds. The number of pyridine rings is 1. The van der Waals surface area contributed by atoms with E-state index in [1.54, 1.807) is 19.1 Å². The van der Waals surface area contributed by atoms with Gasteiger partial charge in [0.1, 0.15) is 11.8 Å². The summed E-state index contributed by atoms with van der Waals surface area (Å²) in [7, 11) is 0. The van der Waals surface area contributed by atoms with Gasteiger partial charge >= 0.3 is 0 Å². The Hall–Kier alpha value is -1.93. The number of aryl methyl sites for hydroxylation is 1. The number of rotatable bonds is 6. The molecule has 0 bridgehead atoms. The van der Waals surface area contributed by atoms with Crippen LogP contribution in [0.4, 0.5) is 0 Å². The number of hydrogen-bond acceptors (Lipinski definition) is 4. The summed E-state index contributed by atoms with van der Waals surface area (Å²) < 4.78 is 0. The van der Waals surface area contributed by atoms with Crippen LogP contribution in [0.1, 0.15) is 41.5 Å². The standard InChI is InChI=1S/C14H19N3O2/c1-3-11(6-7-18)9-16-14(19)13-5-4-12(8-15)10(2)17-13/h4-5,11,18H,3,6-7,9H2,1-2H3,(H,16,19). The lowest BCUT2D eigenvalue weighted by atomic mass is 10.0. The Labute approximate surface area is 113 Å². The topological polar surface area (TPSA) is 86.0 Å². The summed E-state index contributed by atoms with van der Waals surface area (Å²) in [6.45, 7) is 4.38. The van der Waals surface area contributed by atoms with Crippen LogP contribution in [0.3, 0.4) is 0 Å². The molecule has 0 spiro atoms. The van der Waals surface area contributed by atoms with Crippen LogP contribution in [-0.4, -0.2) is 29.1 Å². The van der Waals surface area contributed by atoms with E-state index in [4.69, 9.17) is 10.4 Å². The lowest BCUT2D eigenvalue weighted by Crippen LogP contribution is -2.30. The number of carbonyl (C=O) groups is 1. The zero-order valence-corrected chi connectivity index (χ0v) is 11.3. The lowest BCUT2D eigenvalue weighted by Gasteiger charge is -2.14. The normalized spacial score (nSPS) is 11.7. The van der Waals surface area contributed by atoms with Gasteiger partial charge in [0.2, 0.25) is 0 Å². The molecular weight excluding hydrogens is 242 g/mol. The van der Waals surface area contributed by atoms with E-state index >= 15 is 0 Å². The van der Waals surface area contributed by atoms with Crippen LogP contribution in [0.2, 0.25) is 0 Å². The molecule has 0 aliphatic carbocycles. The predicted octanol–water partition coefficient (Wildman–Crippen LogP) is 1.40. The quantitative estimate of drug-likeness (QED) is 0.810. The van der Waals surface area contributed by atoms with Crippen molar-refractivity contribution in [3.05, 3.63) is 29.1 Å². The highest BCUT2D eigenvalue weighted by Crippen LogP contribution is 2.08. The molecule has 1 atom stereocenters. The monoisotopic (exact) mass is 261 g/mol. The van der Waals surface area contributed by atoms with E-state index in [0.29, 0.717) is 29.9 Å². The van der Waals surface area contributed by atoms with Crippen LogP contribution in [0.25, 0.3) is 0 Å².